The monoisotopic (exact) mass is 271 g/mol. The molecule has 2 atom stereocenters. The number of fused-ring (bicyclic) bond motifs is 1. The largest absolute Gasteiger partial charge is 0.350 e. The van der Waals surface area contributed by atoms with Crippen LogP contribution in [-0.2, 0) is 11.8 Å². The summed E-state index contributed by atoms with van der Waals surface area (Å²) < 4.78 is 1.90. The summed E-state index contributed by atoms with van der Waals surface area (Å²) in [6.45, 7) is 2.02. The lowest BCUT2D eigenvalue weighted by Crippen LogP contribution is -2.42. The van der Waals surface area contributed by atoms with Gasteiger partial charge in [-0.05, 0) is 18.4 Å². The molecule has 2 aromatic rings. The highest BCUT2D eigenvalue weighted by molar-refractivity contribution is 6.07. The molecule has 0 bridgehead atoms. The number of amides is 2. The van der Waals surface area contributed by atoms with Crippen molar-refractivity contribution < 1.29 is 9.59 Å². The molecular weight excluding hydrogens is 254 g/mol. The van der Waals surface area contributed by atoms with Gasteiger partial charge in [-0.2, -0.15) is 0 Å². The number of aromatic nitrogens is 1. The third-order valence-electron chi connectivity index (χ3n) is 3.89. The maximum atomic E-state index is 12.2. The molecule has 0 spiro atoms. The summed E-state index contributed by atoms with van der Waals surface area (Å²) in [5.41, 5.74) is 6.54. The molecule has 1 aromatic heterocycles. The Labute approximate surface area is 116 Å². The van der Waals surface area contributed by atoms with Gasteiger partial charge >= 0.3 is 0 Å². The van der Waals surface area contributed by atoms with E-state index in [9.17, 15) is 9.59 Å². The molecule has 1 aliphatic carbocycles. The van der Waals surface area contributed by atoms with Gasteiger partial charge in [-0.3, -0.25) is 20.4 Å². The van der Waals surface area contributed by atoms with Gasteiger partial charge in [-0.1, -0.05) is 25.1 Å². The van der Waals surface area contributed by atoms with E-state index in [1.807, 2.05) is 42.8 Å². The molecule has 2 unspecified atom stereocenters. The molecule has 1 aromatic carbocycles. The van der Waals surface area contributed by atoms with Crippen LogP contribution in [0, 0.1) is 11.8 Å². The maximum absolute atomic E-state index is 12.2. The molecule has 104 valence electrons. The Balaban J connectivity index is 1.74. The summed E-state index contributed by atoms with van der Waals surface area (Å²) in [7, 11) is 1.89. The Hall–Kier alpha value is -2.30. The highest BCUT2D eigenvalue weighted by atomic mass is 16.2. The van der Waals surface area contributed by atoms with E-state index >= 15 is 0 Å². The van der Waals surface area contributed by atoms with Gasteiger partial charge < -0.3 is 4.57 Å². The molecule has 1 fully saturated rings. The standard InChI is InChI=1S/C15H17N3O2/c1-9-7-11(9)14(19)16-17-15(20)12-8-18(2)13-6-4-3-5-10(12)13/h3-6,8-9,11H,7H2,1-2H3,(H,16,19)(H,17,20). The van der Waals surface area contributed by atoms with E-state index in [2.05, 4.69) is 10.9 Å². The second kappa shape index (κ2) is 4.67. The first-order valence-corrected chi connectivity index (χ1v) is 6.72. The van der Waals surface area contributed by atoms with Gasteiger partial charge in [0, 0.05) is 30.1 Å². The molecule has 0 radical (unpaired) electrons. The molecular formula is C15H17N3O2. The number of benzene rings is 1. The minimum Gasteiger partial charge on any atom is -0.350 e. The topological polar surface area (TPSA) is 63.1 Å². The van der Waals surface area contributed by atoms with Crippen LogP contribution in [0.25, 0.3) is 10.9 Å². The van der Waals surface area contributed by atoms with Crippen molar-refractivity contribution in [2.24, 2.45) is 18.9 Å². The summed E-state index contributed by atoms with van der Waals surface area (Å²) in [5.74, 6) is 0.0711. The van der Waals surface area contributed by atoms with Crippen molar-refractivity contribution >= 4 is 22.7 Å². The van der Waals surface area contributed by atoms with Gasteiger partial charge in [0.2, 0.25) is 5.91 Å². The van der Waals surface area contributed by atoms with Crippen molar-refractivity contribution in [3.8, 4) is 0 Å². The summed E-state index contributed by atoms with van der Waals surface area (Å²) in [4.78, 5) is 23.9. The van der Waals surface area contributed by atoms with Crippen molar-refractivity contribution in [3.63, 3.8) is 0 Å². The number of carbonyl (C=O) groups is 2. The van der Waals surface area contributed by atoms with E-state index < -0.39 is 0 Å². The third-order valence-corrected chi connectivity index (χ3v) is 3.89. The molecule has 5 nitrogen and oxygen atoms in total. The zero-order chi connectivity index (χ0) is 14.3. The molecule has 3 rings (SSSR count). The number of hydrazine groups is 1. The van der Waals surface area contributed by atoms with Crippen LogP contribution in [0.15, 0.2) is 30.5 Å². The van der Waals surface area contributed by atoms with Crippen LogP contribution < -0.4 is 10.9 Å². The first kappa shape index (κ1) is 12.7. The Morgan fingerprint density at radius 3 is 2.65 bits per heavy atom. The van der Waals surface area contributed by atoms with Gasteiger partial charge in [-0.25, -0.2) is 0 Å². The SMILES string of the molecule is CC1CC1C(=O)NNC(=O)c1cn(C)c2ccccc12. The lowest BCUT2D eigenvalue weighted by Gasteiger charge is -2.06. The lowest BCUT2D eigenvalue weighted by atomic mass is 10.2. The van der Waals surface area contributed by atoms with E-state index in [1.165, 1.54) is 0 Å². The minimum atomic E-state index is -0.288. The summed E-state index contributed by atoms with van der Waals surface area (Å²) >= 11 is 0. The van der Waals surface area contributed by atoms with Crippen molar-refractivity contribution in [3.05, 3.63) is 36.0 Å². The van der Waals surface area contributed by atoms with Gasteiger partial charge in [0.15, 0.2) is 0 Å². The maximum Gasteiger partial charge on any atom is 0.271 e. The lowest BCUT2D eigenvalue weighted by molar-refractivity contribution is -0.123. The minimum absolute atomic E-state index is 0.0443. The first-order chi connectivity index (χ1) is 9.58. The summed E-state index contributed by atoms with van der Waals surface area (Å²) in [6, 6.07) is 7.68. The predicted octanol–water partition coefficient (Wildman–Crippen LogP) is 1.60. The highest BCUT2D eigenvalue weighted by Crippen LogP contribution is 2.37. The van der Waals surface area contributed by atoms with Crippen LogP contribution in [0.1, 0.15) is 23.7 Å². The van der Waals surface area contributed by atoms with Crippen LogP contribution in [0.3, 0.4) is 0 Å². The van der Waals surface area contributed by atoms with Gasteiger partial charge in [0.25, 0.3) is 5.91 Å². The second-order valence-corrected chi connectivity index (χ2v) is 5.43. The Kier molecular flexibility index (Phi) is 2.97. The number of nitrogens with one attached hydrogen (secondary N) is 2. The highest BCUT2D eigenvalue weighted by Gasteiger charge is 2.39. The fourth-order valence-corrected chi connectivity index (χ4v) is 2.49. The molecule has 5 heteroatoms. The van der Waals surface area contributed by atoms with Crippen LogP contribution in [-0.4, -0.2) is 16.4 Å². The fourth-order valence-electron chi connectivity index (χ4n) is 2.49. The number of rotatable bonds is 2. The molecule has 1 saturated carbocycles. The van der Waals surface area contributed by atoms with E-state index in [-0.39, 0.29) is 17.7 Å². The Morgan fingerprint density at radius 2 is 1.95 bits per heavy atom. The Morgan fingerprint density at radius 1 is 1.25 bits per heavy atom. The summed E-state index contributed by atoms with van der Waals surface area (Å²) in [5, 5.41) is 0.876. The smallest absolute Gasteiger partial charge is 0.271 e. The first-order valence-electron chi connectivity index (χ1n) is 6.72. The molecule has 1 aliphatic rings. The molecule has 0 aliphatic heterocycles. The van der Waals surface area contributed by atoms with Crippen LogP contribution >= 0.6 is 0 Å². The molecule has 0 saturated heterocycles. The van der Waals surface area contributed by atoms with Gasteiger partial charge in [0.1, 0.15) is 0 Å². The van der Waals surface area contributed by atoms with Crippen LogP contribution in [0.4, 0.5) is 0 Å². The van der Waals surface area contributed by atoms with Crippen LogP contribution in [0.2, 0.25) is 0 Å². The van der Waals surface area contributed by atoms with Crippen LogP contribution in [0.5, 0.6) is 0 Å². The number of hydrogen-bond acceptors (Lipinski definition) is 2. The van der Waals surface area contributed by atoms with Crippen molar-refractivity contribution in [2.75, 3.05) is 0 Å². The van der Waals surface area contributed by atoms with Gasteiger partial charge in [-0.15, -0.1) is 0 Å². The average molecular weight is 271 g/mol. The van der Waals surface area contributed by atoms with Crippen molar-refractivity contribution in [1.29, 1.82) is 0 Å². The van der Waals surface area contributed by atoms with E-state index in [1.54, 1.807) is 6.20 Å². The number of nitrogens with zero attached hydrogens (tertiary/aromatic N) is 1. The molecule has 1 heterocycles. The zero-order valence-corrected chi connectivity index (χ0v) is 11.5. The third kappa shape index (κ3) is 2.15. The van der Waals surface area contributed by atoms with Gasteiger partial charge in [0.05, 0.1) is 5.56 Å². The fraction of sp³-hybridized carbons (Fsp3) is 0.333. The van der Waals surface area contributed by atoms with E-state index in [0.29, 0.717) is 11.5 Å². The zero-order valence-electron chi connectivity index (χ0n) is 11.5. The molecule has 2 amide bonds. The number of hydrogen-bond donors (Lipinski definition) is 2. The predicted molar refractivity (Wildman–Crippen MR) is 75.8 cm³/mol. The van der Waals surface area contributed by atoms with Crippen molar-refractivity contribution in [2.45, 2.75) is 13.3 Å². The van der Waals surface area contributed by atoms with E-state index in [0.717, 1.165) is 17.3 Å². The van der Waals surface area contributed by atoms with E-state index in [4.69, 9.17) is 0 Å². The Bertz CT molecular complexity index is 689. The quantitative estimate of drug-likeness (QED) is 0.815. The second-order valence-electron chi connectivity index (χ2n) is 5.43. The molecule has 2 N–H and O–H groups in total. The normalized spacial score (nSPS) is 20.7. The number of para-hydroxylation sites is 1. The number of carbonyl (C=O) groups excluding carboxylic acids is 2. The van der Waals surface area contributed by atoms with Crippen molar-refractivity contribution in [1.82, 2.24) is 15.4 Å². The average Bonchev–Trinajstić information content (AvgIpc) is 3.09. The molecule has 20 heavy (non-hydrogen) atoms. The summed E-state index contributed by atoms with van der Waals surface area (Å²) in [6.07, 6.45) is 2.67. The number of aryl methyl sites for hydroxylation is 1.